The van der Waals surface area contributed by atoms with Crippen molar-refractivity contribution in [3.63, 3.8) is 0 Å². The van der Waals surface area contributed by atoms with Crippen molar-refractivity contribution in [2.24, 2.45) is 0 Å². The highest BCUT2D eigenvalue weighted by molar-refractivity contribution is 5.78. The van der Waals surface area contributed by atoms with Gasteiger partial charge in [0.15, 0.2) is 5.76 Å². The van der Waals surface area contributed by atoms with E-state index in [0.717, 1.165) is 19.6 Å². The van der Waals surface area contributed by atoms with Gasteiger partial charge >= 0.3 is 0 Å². The van der Waals surface area contributed by atoms with Crippen molar-refractivity contribution in [1.82, 2.24) is 15.2 Å². The zero-order valence-electron chi connectivity index (χ0n) is 14.4. The highest BCUT2D eigenvalue weighted by Crippen LogP contribution is 2.22. The summed E-state index contributed by atoms with van der Waals surface area (Å²) in [6.45, 7) is 7.04. The number of piperidine rings is 1. The number of carbonyl (C=O) groups is 1. The summed E-state index contributed by atoms with van der Waals surface area (Å²) < 4.78 is 10.9. The van der Waals surface area contributed by atoms with Gasteiger partial charge in [-0.3, -0.25) is 4.79 Å². The number of rotatable bonds is 6. The number of hydrogen-bond acceptors (Lipinski definition) is 5. The first-order chi connectivity index (χ1) is 11.6. The van der Waals surface area contributed by atoms with Gasteiger partial charge < -0.3 is 19.1 Å². The minimum atomic E-state index is -0.0260. The average molecular weight is 331 g/mol. The van der Waals surface area contributed by atoms with Crippen LogP contribution < -0.4 is 5.32 Å². The van der Waals surface area contributed by atoms with Gasteiger partial charge in [0.2, 0.25) is 5.91 Å². The molecule has 1 saturated heterocycles. The van der Waals surface area contributed by atoms with E-state index in [2.05, 4.69) is 22.1 Å². The summed E-state index contributed by atoms with van der Waals surface area (Å²) in [4.78, 5) is 19.1. The van der Waals surface area contributed by atoms with Crippen LogP contribution in [0.2, 0.25) is 0 Å². The van der Waals surface area contributed by atoms with Crippen molar-refractivity contribution in [1.29, 1.82) is 0 Å². The van der Waals surface area contributed by atoms with Crippen LogP contribution in [0.5, 0.6) is 0 Å². The molecule has 24 heavy (non-hydrogen) atoms. The molecule has 6 nitrogen and oxygen atoms in total. The number of hydrogen-bond donors (Lipinski definition) is 1. The standard InChI is InChI=1S/C18H25N3O3/c1-13(12-21-8-4-3-5-9-21)19-17(22)11-15-14(2)24-18(20-15)16-7-6-10-23-16/h6-7,10,13H,3-5,8-9,11-12H2,1-2H3,(H,19,22). The minimum Gasteiger partial charge on any atom is -0.459 e. The van der Waals surface area contributed by atoms with Gasteiger partial charge in [-0.2, -0.15) is 0 Å². The maximum absolute atomic E-state index is 12.3. The lowest BCUT2D eigenvalue weighted by molar-refractivity contribution is -0.121. The number of carbonyl (C=O) groups excluding carboxylic acids is 1. The number of furan rings is 1. The molecule has 2 aromatic heterocycles. The lowest BCUT2D eigenvalue weighted by atomic mass is 10.1. The molecule has 3 rings (SSSR count). The molecule has 6 heteroatoms. The Kier molecular flexibility index (Phi) is 5.35. The molecule has 1 amide bonds. The van der Waals surface area contributed by atoms with E-state index in [4.69, 9.17) is 8.83 Å². The summed E-state index contributed by atoms with van der Waals surface area (Å²) in [5, 5.41) is 3.06. The molecule has 0 radical (unpaired) electrons. The molecule has 1 N–H and O–H groups in total. The third-order valence-electron chi connectivity index (χ3n) is 4.34. The van der Waals surface area contributed by atoms with Gasteiger partial charge in [0.1, 0.15) is 5.76 Å². The fourth-order valence-electron chi connectivity index (χ4n) is 3.15. The predicted molar refractivity (Wildman–Crippen MR) is 90.5 cm³/mol. The molecular formula is C18H25N3O3. The number of nitrogens with one attached hydrogen (secondary N) is 1. The van der Waals surface area contributed by atoms with Crippen molar-refractivity contribution in [2.75, 3.05) is 19.6 Å². The van der Waals surface area contributed by atoms with E-state index in [9.17, 15) is 4.79 Å². The molecule has 130 valence electrons. The van der Waals surface area contributed by atoms with E-state index in [-0.39, 0.29) is 18.4 Å². The molecule has 0 bridgehead atoms. The quantitative estimate of drug-likeness (QED) is 0.881. The number of aryl methyl sites for hydroxylation is 1. The Balaban J connectivity index is 1.53. The van der Waals surface area contributed by atoms with Crippen LogP contribution in [0.1, 0.15) is 37.6 Å². The number of likely N-dealkylation sites (tertiary alicyclic amines) is 1. The molecule has 1 unspecified atom stereocenters. The largest absolute Gasteiger partial charge is 0.459 e. The van der Waals surface area contributed by atoms with E-state index in [1.54, 1.807) is 18.4 Å². The van der Waals surface area contributed by atoms with Gasteiger partial charge in [0.25, 0.3) is 5.89 Å². The smallest absolute Gasteiger partial charge is 0.263 e. The molecule has 3 heterocycles. The Morgan fingerprint density at radius 1 is 1.38 bits per heavy atom. The van der Waals surface area contributed by atoms with Gasteiger partial charge in [-0.25, -0.2) is 4.98 Å². The number of nitrogens with zero attached hydrogens (tertiary/aromatic N) is 2. The molecule has 0 saturated carbocycles. The molecule has 0 aliphatic carbocycles. The monoisotopic (exact) mass is 331 g/mol. The highest BCUT2D eigenvalue weighted by Gasteiger charge is 2.18. The Labute approximate surface area is 142 Å². The maximum atomic E-state index is 12.3. The number of aromatic nitrogens is 1. The molecule has 0 aromatic carbocycles. The van der Waals surface area contributed by atoms with Crippen LogP contribution in [0.15, 0.2) is 27.2 Å². The topological polar surface area (TPSA) is 71.5 Å². The van der Waals surface area contributed by atoms with Crippen molar-refractivity contribution in [3.8, 4) is 11.7 Å². The zero-order valence-corrected chi connectivity index (χ0v) is 14.4. The third kappa shape index (κ3) is 4.26. The van der Waals surface area contributed by atoms with Crippen LogP contribution in [-0.4, -0.2) is 41.5 Å². The normalized spacial score (nSPS) is 16.9. The summed E-state index contributed by atoms with van der Waals surface area (Å²) in [5.74, 6) is 1.62. The van der Waals surface area contributed by atoms with Crippen molar-refractivity contribution in [2.45, 2.75) is 45.6 Å². The summed E-state index contributed by atoms with van der Waals surface area (Å²) in [6.07, 6.45) is 5.63. The van der Waals surface area contributed by atoms with Gasteiger partial charge in [0.05, 0.1) is 18.4 Å². The van der Waals surface area contributed by atoms with Gasteiger partial charge in [0, 0.05) is 12.6 Å². The van der Waals surface area contributed by atoms with Gasteiger partial charge in [-0.1, -0.05) is 6.42 Å². The Morgan fingerprint density at radius 3 is 2.88 bits per heavy atom. The minimum absolute atomic E-state index is 0.0260. The van der Waals surface area contributed by atoms with Crippen LogP contribution in [0.4, 0.5) is 0 Å². The second-order valence-electron chi connectivity index (χ2n) is 6.51. The highest BCUT2D eigenvalue weighted by atomic mass is 16.4. The summed E-state index contributed by atoms with van der Waals surface area (Å²) >= 11 is 0. The lowest BCUT2D eigenvalue weighted by Crippen LogP contribution is -2.44. The van der Waals surface area contributed by atoms with Crippen molar-refractivity contribution < 1.29 is 13.6 Å². The predicted octanol–water partition coefficient (Wildman–Crippen LogP) is 2.78. The second kappa shape index (κ2) is 7.66. The van der Waals surface area contributed by atoms with Crippen LogP contribution in [0.3, 0.4) is 0 Å². The molecule has 2 aromatic rings. The first-order valence-corrected chi connectivity index (χ1v) is 8.63. The molecule has 1 aliphatic rings. The Bertz CT molecular complexity index is 657. The third-order valence-corrected chi connectivity index (χ3v) is 4.34. The first kappa shape index (κ1) is 16.8. The zero-order chi connectivity index (χ0) is 16.9. The second-order valence-corrected chi connectivity index (χ2v) is 6.51. The van der Waals surface area contributed by atoms with Gasteiger partial charge in [-0.15, -0.1) is 0 Å². The summed E-state index contributed by atoms with van der Waals surface area (Å²) in [7, 11) is 0. The number of oxazole rings is 1. The summed E-state index contributed by atoms with van der Waals surface area (Å²) in [6, 6.07) is 3.70. The van der Waals surface area contributed by atoms with E-state index in [1.807, 2.05) is 6.92 Å². The van der Waals surface area contributed by atoms with Crippen LogP contribution >= 0.6 is 0 Å². The van der Waals surface area contributed by atoms with E-state index < -0.39 is 0 Å². The first-order valence-electron chi connectivity index (χ1n) is 8.63. The summed E-state index contributed by atoms with van der Waals surface area (Å²) in [5.41, 5.74) is 0.657. The fourth-order valence-corrected chi connectivity index (χ4v) is 3.15. The van der Waals surface area contributed by atoms with E-state index in [1.165, 1.54) is 19.3 Å². The molecule has 0 spiro atoms. The molecule has 1 aliphatic heterocycles. The molecule has 1 fully saturated rings. The fraction of sp³-hybridized carbons (Fsp3) is 0.556. The molecular weight excluding hydrogens is 306 g/mol. The number of amides is 1. The van der Waals surface area contributed by atoms with E-state index >= 15 is 0 Å². The van der Waals surface area contributed by atoms with Crippen LogP contribution in [-0.2, 0) is 11.2 Å². The maximum Gasteiger partial charge on any atom is 0.263 e. The Hall–Kier alpha value is -2.08. The van der Waals surface area contributed by atoms with E-state index in [0.29, 0.717) is 23.1 Å². The van der Waals surface area contributed by atoms with Crippen LogP contribution in [0, 0.1) is 6.92 Å². The average Bonchev–Trinajstić information content (AvgIpc) is 3.18. The Morgan fingerprint density at radius 2 is 2.17 bits per heavy atom. The van der Waals surface area contributed by atoms with Crippen molar-refractivity contribution in [3.05, 3.63) is 29.9 Å². The van der Waals surface area contributed by atoms with Crippen LogP contribution in [0.25, 0.3) is 11.7 Å². The SMILES string of the molecule is Cc1oc(-c2ccco2)nc1CC(=O)NC(C)CN1CCCCC1. The van der Waals surface area contributed by atoms with Gasteiger partial charge in [-0.05, 0) is 51.9 Å². The van der Waals surface area contributed by atoms with Crippen molar-refractivity contribution >= 4 is 5.91 Å². The lowest BCUT2D eigenvalue weighted by Gasteiger charge is -2.29. The molecule has 1 atom stereocenters.